The van der Waals surface area contributed by atoms with Gasteiger partial charge in [-0.05, 0) is 47.8 Å². The van der Waals surface area contributed by atoms with Gasteiger partial charge in [0.05, 0.1) is 6.61 Å². The van der Waals surface area contributed by atoms with Crippen LogP contribution in [0.2, 0.25) is 0 Å². The molecular weight excluding hydrogens is 242 g/mol. The molecule has 0 aliphatic rings. The molecule has 0 rings (SSSR count). The lowest BCUT2D eigenvalue weighted by atomic mass is 9.99. The summed E-state index contributed by atoms with van der Waals surface area (Å²) in [5.41, 5.74) is 5.14. The standard InChI is InChI=1S/C14H31N3O2/c1-7-17(12(3)11-16(5)6)10-9-14(4,15)13(18)19-8-2/h12H,7-11,15H2,1-6H3. The van der Waals surface area contributed by atoms with Crippen LogP contribution in [0.1, 0.15) is 34.1 Å². The first-order chi connectivity index (χ1) is 8.74. The summed E-state index contributed by atoms with van der Waals surface area (Å²) < 4.78 is 5.01. The molecule has 5 nitrogen and oxygen atoms in total. The summed E-state index contributed by atoms with van der Waals surface area (Å²) >= 11 is 0. The highest BCUT2D eigenvalue weighted by Gasteiger charge is 2.30. The number of nitrogens with two attached hydrogens (primary N) is 1. The topological polar surface area (TPSA) is 58.8 Å². The van der Waals surface area contributed by atoms with Crippen LogP contribution in [-0.4, -0.2) is 67.7 Å². The maximum Gasteiger partial charge on any atom is 0.325 e. The smallest absolute Gasteiger partial charge is 0.325 e. The summed E-state index contributed by atoms with van der Waals surface area (Å²) in [5, 5.41) is 0. The van der Waals surface area contributed by atoms with Crippen LogP contribution in [-0.2, 0) is 9.53 Å². The van der Waals surface area contributed by atoms with Gasteiger partial charge >= 0.3 is 5.97 Å². The molecule has 114 valence electrons. The van der Waals surface area contributed by atoms with Gasteiger partial charge in [0.1, 0.15) is 5.54 Å². The van der Waals surface area contributed by atoms with Gasteiger partial charge in [-0.2, -0.15) is 0 Å². The Morgan fingerprint density at radius 2 is 1.95 bits per heavy atom. The lowest BCUT2D eigenvalue weighted by Gasteiger charge is -2.32. The van der Waals surface area contributed by atoms with Crippen molar-refractivity contribution in [3.05, 3.63) is 0 Å². The molecule has 0 aliphatic carbocycles. The fourth-order valence-electron chi connectivity index (χ4n) is 2.11. The summed E-state index contributed by atoms with van der Waals surface area (Å²) in [6.07, 6.45) is 0.609. The zero-order chi connectivity index (χ0) is 15.1. The van der Waals surface area contributed by atoms with Crippen molar-refractivity contribution in [3.8, 4) is 0 Å². The Hall–Kier alpha value is -0.650. The molecule has 0 aromatic rings. The number of nitrogens with zero attached hydrogens (tertiary/aromatic N) is 2. The van der Waals surface area contributed by atoms with E-state index in [0.29, 0.717) is 19.1 Å². The van der Waals surface area contributed by atoms with E-state index in [0.717, 1.165) is 19.6 Å². The Kier molecular flexibility index (Phi) is 8.22. The van der Waals surface area contributed by atoms with Crippen molar-refractivity contribution >= 4 is 5.97 Å². The predicted molar refractivity (Wildman–Crippen MR) is 79.1 cm³/mol. The van der Waals surface area contributed by atoms with Crippen LogP contribution in [0.3, 0.4) is 0 Å². The number of carbonyl (C=O) groups excluding carboxylic acids is 1. The number of hydrogen-bond acceptors (Lipinski definition) is 5. The second-order valence-corrected chi connectivity index (χ2v) is 5.63. The first kappa shape index (κ1) is 18.4. The largest absolute Gasteiger partial charge is 0.465 e. The second-order valence-electron chi connectivity index (χ2n) is 5.63. The summed E-state index contributed by atoms with van der Waals surface area (Å²) in [6, 6.07) is 0.443. The van der Waals surface area contributed by atoms with E-state index in [4.69, 9.17) is 10.5 Å². The van der Waals surface area contributed by atoms with Crippen LogP contribution in [0.5, 0.6) is 0 Å². The van der Waals surface area contributed by atoms with Crippen LogP contribution in [0.15, 0.2) is 0 Å². The van der Waals surface area contributed by atoms with Crippen LogP contribution in [0, 0.1) is 0 Å². The summed E-state index contributed by atoms with van der Waals surface area (Å²) in [5.74, 6) is -0.314. The van der Waals surface area contributed by atoms with Crippen molar-refractivity contribution in [1.29, 1.82) is 0 Å². The molecule has 0 amide bonds. The highest BCUT2D eigenvalue weighted by Crippen LogP contribution is 2.11. The minimum Gasteiger partial charge on any atom is -0.465 e. The van der Waals surface area contributed by atoms with Gasteiger partial charge in [-0.25, -0.2) is 0 Å². The van der Waals surface area contributed by atoms with E-state index in [9.17, 15) is 4.79 Å². The minimum atomic E-state index is -0.902. The number of ether oxygens (including phenoxy) is 1. The Balaban J connectivity index is 4.37. The van der Waals surface area contributed by atoms with Gasteiger partial charge < -0.3 is 15.4 Å². The molecule has 0 fully saturated rings. The van der Waals surface area contributed by atoms with Gasteiger partial charge in [0.15, 0.2) is 0 Å². The fourth-order valence-corrected chi connectivity index (χ4v) is 2.11. The third-order valence-electron chi connectivity index (χ3n) is 3.32. The Morgan fingerprint density at radius 3 is 2.37 bits per heavy atom. The molecule has 0 heterocycles. The summed E-state index contributed by atoms with van der Waals surface area (Å²) in [4.78, 5) is 16.2. The van der Waals surface area contributed by atoms with Crippen molar-refractivity contribution in [3.63, 3.8) is 0 Å². The van der Waals surface area contributed by atoms with E-state index in [1.807, 2.05) is 0 Å². The molecule has 2 N–H and O–H groups in total. The average molecular weight is 273 g/mol. The van der Waals surface area contributed by atoms with Crippen molar-refractivity contribution in [2.45, 2.75) is 45.7 Å². The van der Waals surface area contributed by atoms with Gasteiger partial charge in [-0.15, -0.1) is 0 Å². The molecule has 19 heavy (non-hydrogen) atoms. The molecule has 0 aliphatic heterocycles. The molecule has 5 heteroatoms. The molecule has 2 unspecified atom stereocenters. The average Bonchev–Trinajstić information content (AvgIpc) is 2.28. The third-order valence-corrected chi connectivity index (χ3v) is 3.32. The Morgan fingerprint density at radius 1 is 1.37 bits per heavy atom. The van der Waals surface area contributed by atoms with Gasteiger partial charge in [-0.1, -0.05) is 6.92 Å². The molecule has 0 aromatic carbocycles. The normalized spacial score (nSPS) is 16.5. The van der Waals surface area contributed by atoms with Crippen LogP contribution in [0.25, 0.3) is 0 Å². The lowest BCUT2D eigenvalue weighted by Crippen LogP contribution is -2.50. The van der Waals surface area contributed by atoms with Crippen LogP contribution >= 0.6 is 0 Å². The summed E-state index contributed by atoms with van der Waals surface area (Å²) in [7, 11) is 4.13. The zero-order valence-electron chi connectivity index (χ0n) is 13.4. The highest BCUT2D eigenvalue weighted by molar-refractivity contribution is 5.79. The van der Waals surface area contributed by atoms with Crippen LogP contribution < -0.4 is 5.73 Å². The maximum atomic E-state index is 11.7. The summed E-state index contributed by atoms with van der Waals surface area (Å²) in [6.45, 7) is 11.0. The second kappa shape index (κ2) is 8.51. The Bertz CT molecular complexity index is 267. The van der Waals surface area contributed by atoms with Gasteiger partial charge in [0.2, 0.25) is 0 Å². The molecule has 0 radical (unpaired) electrons. The molecule has 0 aromatic heterocycles. The van der Waals surface area contributed by atoms with Crippen molar-refractivity contribution in [2.75, 3.05) is 40.3 Å². The fraction of sp³-hybridized carbons (Fsp3) is 0.929. The van der Waals surface area contributed by atoms with Crippen molar-refractivity contribution in [2.24, 2.45) is 5.73 Å². The quantitative estimate of drug-likeness (QED) is 0.633. The molecule has 0 spiro atoms. The van der Waals surface area contributed by atoms with E-state index < -0.39 is 5.54 Å². The number of esters is 1. The van der Waals surface area contributed by atoms with E-state index in [2.05, 4.69) is 37.7 Å². The lowest BCUT2D eigenvalue weighted by molar-refractivity contribution is -0.149. The first-order valence-electron chi connectivity index (χ1n) is 7.09. The predicted octanol–water partition coefficient (Wildman–Crippen LogP) is 0.929. The maximum absolute atomic E-state index is 11.7. The number of hydrogen-bond donors (Lipinski definition) is 1. The van der Waals surface area contributed by atoms with E-state index in [1.54, 1.807) is 13.8 Å². The molecule has 0 saturated heterocycles. The van der Waals surface area contributed by atoms with Crippen molar-refractivity contribution < 1.29 is 9.53 Å². The monoisotopic (exact) mass is 273 g/mol. The zero-order valence-corrected chi connectivity index (χ0v) is 13.4. The van der Waals surface area contributed by atoms with Gasteiger partial charge in [0, 0.05) is 19.1 Å². The molecule has 2 atom stereocenters. The van der Waals surface area contributed by atoms with Gasteiger partial charge in [0.25, 0.3) is 0 Å². The van der Waals surface area contributed by atoms with E-state index in [-0.39, 0.29) is 5.97 Å². The van der Waals surface area contributed by atoms with Crippen LogP contribution in [0.4, 0.5) is 0 Å². The first-order valence-corrected chi connectivity index (χ1v) is 7.09. The van der Waals surface area contributed by atoms with E-state index >= 15 is 0 Å². The molecule has 0 saturated carbocycles. The van der Waals surface area contributed by atoms with Crippen molar-refractivity contribution in [1.82, 2.24) is 9.80 Å². The number of likely N-dealkylation sites (N-methyl/N-ethyl adjacent to an activating group) is 2. The SMILES string of the molecule is CCOC(=O)C(C)(N)CCN(CC)C(C)CN(C)C. The molecular formula is C14H31N3O2. The number of carbonyl (C=O) groups is 1. The van der Waals surface area contributed by atoms with Gasteiger partial charge in [-0.3, -0.25) is 9.69 Å². The van der Waals surface area contributed by atoms with E-state index in [1.165, 1.54) is 0 Å². The number of rotatable bonds is 9. The minimum absolute atomic E-state index is 0.314. The third kappa shape index (κ3) is 6.89. The molecule has 0 bridgehead atoms. The Labute approximate surface area is 118 Å². The highest BCUT2D eigenvalue weighted by atomic mass is 16.5.